The fourth-order valence-corrected chi connectivity index (χ4v) is 1.95. The number of hydrogen-bond donors (Lipinski definition) is 0. The van der Waals surface area contributed by atoms with Gasteiger partial charge in [0.2, 0.25) is 0 Å². The fraction of sp³-hybridized carbons (Fsp3) is 0.100. The van der Waals surface area contributed by atoms with Gasteiger partial charge in [0.1, 0.15) is 5.75 Å². The van der Waals surface area contributed by atoms with E-state index in [0.717, 1.165) is 35.9 Å². The molecule has 1 aromatic carbocycles. The lowest BCUT2D eigenvalue weighted by Gasteiger charge is -2.07. The summed E-state index contributed by atoms with van der Waals surface area (Å²) in [4.78, 5) is 0. The minimum absolute atomic E-state index is 0.0465. The molecule has 2 rings (SSSR count). The molecular formula is C10H6F3NO3S. The number of benzene rings is 1. The highest BCUT2D eigenvalue weighted by Crippen LogP contribution is 2.30. The van der Waals surface area contributed by atoms with Crippen molar-refractivity contribution < 1.29 is 26.3 Å². The first-order valence-corrected chi connectivity index (χ1v) is 6.14. The van der Waals surface area contributed by atoms with Gasteiger partial charge in [0.15, 0.2) is 5.76 Å². The number of nitrogens with zero attached hydrogens (tertiary/aromatic N) is 1. The van der Waals surface area contributed by atoms with Gasteiger partial charge in [-0.05, 0) is 24.3 Å². The standard InChI is InChI=1S/C10H6F3NO3S/c11-10(12,13)7-1-3-8(4-2-7)17-9-5-14-18(15,16)6-9/h1-6H. The highest BCUT2D eigenvalue weighted by molar-refractivity contribution is 7.93. The highest BCUT2D eigenvalue weighted by atomic mass is 32.2. The molecule has 1 aromatic rings. The van der Waals surface area contributed by atoms with E-state index < -0.39 is 21.8 Å². The van der Waals surface area contributed by atoms with Gasteiger partial charge >= 0.3 is 6.18 Å². The molecule has 0 fully saturated rings. The molecule has 0 radical (unpaired) electrons. The molecule has 0 unspecified atom stereocenters. The van der Waals surface area contributed by atoms with Crippen molar-refractivity contribution in [3.8, 4) is 5.75 Å². The second-order valence-corrected chi connectivity index (χ2v) is 4.87. The second-order valence-electron chi connectivity index (χ2n) is 3.39. The maximum absolute atomic E-state index is 12.3. The summed E-state index contributed by atoms with van der Waals surface area (Å²) in [6, 6.07) is 3.89. The summed E-state index contributed by atoms with van der Waals surface area (Å²) in [7, 11) is -3.64. The van der Waals surface area contributed by atoms with Crippen LogP contribution in [0.5, 0.6) is 5.75 Å². The molecule has 4 nitrogen and oxygen atoms in total. The molecule has 1 aliphatic rings. The van der Waals surface area contributed by atoms with Gasteiger partial charge in [0, 0.05) is 0 Å². The van der Waals surface area contributed by atoms with E-state index in [4.69, 9.17) is 4.74 Å². The van der Waals surface area contributed by atoms with Crippen LogP contribution in [0.3, 0.4) is 0 Å². The van der Waals surface area contributed by atoms with Gasteiger partial charge in [-0.2, -0.15) is 26.0 Å². The van der Waals surface area contributed by atoms with Crippen molar-refractivity contribution >= 4 is 16.2 Å². The van der Waals surface area contributed by atoms with E-state index in [9.17, 15) is 21.6 Å². The van der Waals surface area contributed by atoms with Crippen LogP contribution in [0.15, 0.2) is 39.8 Å². The van der Waals surface area contributed by atoms with Crippen molar-refractivity contribution in [2.24, 2.45) is 4.40 Å². The van der Waals surface area contributed by atoms with Crippen LogP contribution in [-0.2, 0) is 16.2 Å². The van der Waals surface area contributed by atoms with Crippen molar-refractivity contribution in [2.75, 3.05) is 0 Å². The van der Waals surface area contributed by atoms with Crippen molar-refractivity contribution in [2.45, 2.75) is 6.18 Å². The Bertz CT molecular complexity index is 615. The third-order valence-electron chi connectivity index (χ3n) is 2.01. The minimum atomic E-state index is -4.42. The Kier molecular flexibility index (Phi) is 2.89. The van der Waals surface area contributed by atoms with Gasteiger partial charge in [-0.3, -0.25) is 0 Å². The second kappa shape index (κ2) is 4.13. The predicted molar refractivity (Wildman–Crippen MR) is 57.6 cm³/mol. The van der Waals surface area contributed by atoms with E-state index in [1.54, 1.807) is 0 Å². The molecule has 8 heteroatoms. The molecule has 18 heavy (non-hydrogen) atoms. The third-order valence-corrected chi connectivity index (χ3v) is 2.94. The molecular weight excluding hydrogens is 271 g/mol. The van der Waals surface area contributed by atoms with E-state index >= 15 is 0 Å². The summed E-state index contributed by atoms with van der Waals surface area (Å²) in [6.07, 6.45) is -3.44. The molecule has 0 amide bonds. The SMILES string of the molecule is O=S1(=O)C=C(Oc2ccc(C(F)(F)F)cc2)C=N1. The summed E-state index contributed by atoms with van der Waals surface area (Å²) in [5.74, 6) is 0.0487. The van der Waals surface area contributed by atoms with Crippen molar-refractivity contribution in [3.63, 3.8) is 0 Å². The number of allylic oxidation sites excluding steroid dienone is 1. The van der Waals surface area contributed by atoms with Crippen LogP contribution in [0, 0.1) is 0 Å². The Hall–Kier alpha value is -1.83. The Labute approximate surface area is 100 Å². The van der Waals surface area contributed by atoms with Crippen LogP contribution in [0.4, 0.5) is 13.2 Å². The van der Waals surface area contributed by atoms with Gasteiger partial charge in [-0.1, -0.05) is 0 Å². The van der Waals surface area contributed by atoms with Crippen LogP contribution in [0.2, 0.25) is 0 Å². The van der Waals surface area contributed by atoms with E-state index in [0.29, 0.717) is 0 Å². The summed E-state index contributed by atoms with van der Waals surface area (Å²) in [5.41, 5.74) is -0.809. The normalized spacial score (nSPS) is 17.6. The largest absolute Gasteiger partial charge is 0.455 e. The Morgan fingerprint density at radius 3 is 2.17 bits per heavy atom. The first-order chi connectivity index (χ1) is 8.26. The Morgan fingerprint density at radius 2 is 1.72 bits per heavy atom. The molecule has 0 saturated carbocycles. The molecule has 0 N–H and O–H groups in total. The molecule has 1 aliphatic heterocycles. The summed E-state index contributed by atoms with van der Waals surface area (Å²) >= 11 is 0. The predicted octanol–water partition coefficient (Wildman–Crippen LogP) is 2.34. The first kappa shape index (κ1) is 12.6. The molecule has 0 aliphatic carbocycles. The summed E-state index contributed by atoms with van der Waals surface area (Å²) < 4.78 is 66.8. The average molecular weight is 277 g/mol. The zero-order valence-corrected chi connectivity index (χ0v) is 9.49. The van der Waals surface area contributed by atoms with Crippen LogP contribution in [0.1, 0.15) is 5.56 Å². The Balaban J connectivity index is 2.16. The van der Waals surface area contributed by atoms with Crippen LogP contribution in [-0.4, -0.2) is 14.6 Å². The topological polar surface area (TPSA) is 55.7 Å². The minimum Gasteiger partial charge on any atom is -0.455 e. The lowest BCUT2D eigenvalue weighted by Crippen LogP contribution is -2.04. The van der Waals surface area contributed by atoms with Gasteiger partial charge in [-0.15, -0.1) is 0 Å². The molecule has 0 saturated heterocycles. The number of rotatable bonds is 2. The van der Waals surface area contributed by atoms with Crippen LogP contribution >= 0.6 is 0 Å². The number of ether oxygens (including phenoxy) is 1. The van der Waals surface area contributed by atoms with Crippen molar-refractivity contribution in [3.05, 3.63) is 41.0 Å². The number of sulfonamides is 1. The first-order valence-electron chi connectivity index (χ1n) is 4.63. The van der Waals surface area contributed by atoms with Gasteiger partial charge in [-0.25, -0.2) is 0 Å². The molecule has 0 spiro atoms. The van der Waals surface area contributed by atoms with Gasteiger partial charge in [0.05, 0.1) is 17.2 Å². The van der Waals surface area contributed by atoms with Crippen molar-refractivity contribution in [1.82, 2.24) is 0 Å². The maximum atomic E-state index is 12.3. The molecule has 0 bridgehead atoms. The third kappa shape index (κ3) is 2.89. The smallest absolute Gasteiger partial charge is 0.416 e. The lowest BCUT2D eigenvalue weighted by atomic mass is 10.2. The van der Waals surface area contributed by atoms with Crippen LogP contribution in [0.25, 0.3) is 0 Å². The number of hydrogen-bond acceptors (Lipinski definition) is 3. The number of alkyl halides is 3. The summed E-state index contributed by atoms with van der Waals surface area (Å²) in [6.45, 7) is 0. The van der Waals surface area contributed by atoms with E-state index in [1.165, 1.54) is 0 Å². The zero-order chi connectivity index (χ0) is 13.4. The van der Waals surface area contributed by atoms with Gasteiger partial charge < -0.3 is 4.74 Å². The molecule has 96 valence electrons. The van der Waals surface area contributed by atoms with E-state index in [2.05, 4.69) is 4.40 Å². The molecule has 0 atom stereocenters. The monoisotopic (exact) mass is 277 g/mol. The number of halogens is 3. The average Bonchev–Trinajstić information content (AvgIpc) is 2.57. The maximum Gasteiger partial charge on any atom is 0.416 e. The fourth-order valence-electron chi connectivity index (χ4n) is 1.23. The van der Waals surface area contributed by atoms with E-state index in [-0.39, 0.29) is 11.5 Å². The zero-order valence-electron chi connectivity index (χ0n) is 8.68. The Morgan fingerprint density at radius 1 is 1.11 bits per heavy atom. The van der Waals surface area contributed by atoms with E-state index in [1.807, 2.05) is 0 Å². The van der Waals surface area contributed by atoms with Gasteiger partial charge in [0.25, 0.3) is 10.0 Å². The lowest BCUT2D eigenvalue weighted by molar-refractivity contribution is -0.137. The molecule has 1 heterocycles. The summed E-state index contributed by atoms with van der Waals surface area (Å²) in [5, 5.41) is 0.782. The van der Waals surface area contributed by atoms with Crippen LogP contribution < -0.4 is 4.74 Å². The quantitative estimate of drug-likeness (QED) is 0.833. The molecule has 0 aromatic heterocycles. The van der Waals surface area contributed by atoms with Crippen molar-refractivity contribution in [1.29, 1.82) is 0 Å². The highest BCUT2D eigenvalue weighted by Gasteiger charge is 2.30.